The number of nitrogens with one attached hydrogen (secondary N) is 2. The van der Waals surface area contributed by atoms with Gasteiger partial charge >= 0.3 is 0 Å². The van der Waals surface area contributed by atoms with Gasteiger partial charge in [-0.25, -0.2) is 0 Å². The molecule has 4 N–H and O–H groups in total. The van der Waals surface area contributed by atoms with Crippen molar-refractivity contribution in [2.75, 3.05) is 43.9 Å². The Bertz CT molecular complexity index is 488. The zero-order valence-electron chi connectivity index (χ0n) is 14.2. The minimum Gasteiger partial charge on any atom is -0.378 e. The van der Waals surface area contributed by atoms with Crippen molar-refractivity contribution in [3.8, 4) is 0 Å². The Kier molecular flexibility index (Phi) is 6.92. The van der Waals surface area contributed by atoms with E-state index in [1.54, 1.807) is 6.08 Å². The number of rotatable bonds is 7. The zero-order chi connectivity index (χ0) is 16.6. The topological polar surface area (TPSA) is 65.7 Å². The first-order valence-corrected chi connectivity index (χ1v) is 7.51. The highest BCUT2D eigenvalue weighted by Gasteiger charge is 2.15. The Labute approximate surface area is 134 Å². The molecular weight excluding hydrogens is 274 g/mol. The number of guanidine groups is 1. The van der Waals surface area contributed by atoms with Crippen LogP contribution in [0.5, 0.6) is 0 Å². The van der Waals surface area contributed by atoms with Gasteiger partial charge in [0.05, 0.1) is 0 Å². The lowest BCUT2D eigenvalue weighted by atomic mass is 9.94. The summed E-state index contributed by atoms with van der Waals surface area (Å²) in [6.45, 7) is 9.85. The maximum atomic E-state index is 5.76. The van der Waals surface area contributed by atoms with Gasteiger partial charge in [0.2, 0.25) is 0 Å². The standard InChI is InChI=1S/C17H29N5/c1-6-11-19-16(20-13-17(2,3)12-18)21-14-7-9-15(10-8-14)22(4)5/h6-10H,1,11-13,18H2,2-5H3,(H2,19,20,21). The van der Waals surface area contributed by atoms with Gasteiger partial charge < -0.3 is 21.3 Å². The van der Waals surface area contributed by atoms with Crippen molar-refractivity contribution in [2.24, 2.45) is 16.1 Å². The van der Waals surface area contributed by atoms with Crippen LogP contribution in [-0.2, 0) is 0 Å². The molecule has 0 bridgehead atoms. The first-order valence-electron chi connectivity index (χ1n) is 7.51. The molecular formula is C17H29N5. The summed E-state index contributed by atoms with van der Waals surface area (Å²) < 4.78 is 0. The highest BCUT2D eigenvalue weighted by Crippen LogP contribution is 2.16. The lowest BCUT2D eigenvalue weighted by Crippen LogP contribution is -2.34. The number of nitrogens with zero attached hydrogens (tertiary/aromatic N) is 2. The third kappa shape index (κ3) is 6.18. The average molecular weight is 303 g/mol. The van der Waals surface area contributed by atoms with Crippen molar-refractivity contribution in [1.29, 1.82) is 0 Å². The van der Waals surface area contributed by atoms with E-state index < -0.39 is 0 Å². The Morgan fingerprint density at radius 3 is 2.45 bits per heavy atom. The van der Waals surface area contributed by atoms with Crippen LogP contribution in [0.4, 0.5) is 11.4 Å². The number of benzene rings is 1. The fourth-order valence-corrected chi connectivity index (χ4v) is 1.65. The molecule has 122 valence electrons. The summed E-state index contributed by atoms with van der Waals surface area (Å²) in [5, 5.41) is 6.53. The third-order valence-electron chi connectivity index (χ3n) is 3.28. The van der Waals surface area contributed by atoms with E-state index in [0.717, 1.165) is 17.3 Å². The molecule has 5 nitrogen and oxygen atoms in total. The predicted molar refractivity (Wildman–Crippen MR) is 97.7 cm³/mol. The van der Waals surface area contributed by atoms with Gasteiger partial charge in [-0.05, 0) is 36.2 Å². The summed E-state index contributed by atoms with van der Waals surface area (Å²) in [6, 6.07) is 8.21. The number of hydrogen-bond donors (Lipinski definition) is 3. The van der Waals surface area contributed by atoms with Crippen molar-refractivity contribution < 1.29 is 0 Å². The molecule has 0 heterocycles. The maximum Gasteiger partial charge on any atom is 0.196 e. The molecule has 0 aromatic heterocycles. The van der Waals surface area contributed by atoms with Crippen LogP contribution in [0.15, 0.2) is 41.9 Å². The Morgan fingerprint density at radius 2 is 1.95 bits per heavy atom. The molecule has 0 unspecified atom stereocenters. The molecule has 0 amide bonds. The number of aliphatic imine (C=N–C) groups is 1. The summed E-state index contributed by atoms with van der Waals surface area (Å²) in [5.41, 5.74) is 7.89. The van der Waals surface area contributed by atoms with Gasteiger partial charge in [-0.1, -0.05) is 19.9 Å². The van der Waals surface area contributed by atoms with Crippen LogP contribution in [0.25, 0.3) is 0 Å². The van der Waals surface area contributed by atoms with E-state index in [0.29, 0.717) is 19.6 Å². The SMILES string of the molecule is C=CCNC(=NCC(C)(C)CN)Nc1ccc(N(C)C)cc1. The van der Waals surface area contributed by atoms with Crippen molar-refractivity contribution in [1.82, 2.24) is 5.32 Å². The van der Waals surface area contributed by atoms with Crippen LogP contribution in [0.3, 0.4) is 0 Å². The smallest absolute Gasteiger partial charge is 0.196 e. The van der Waals surface area contributed by atoms with Crippen LogP contribution >= 0.6 is 0 Å². The average Bonchev–Trinajstić information content (AvgIpc) is 2.50. The summed E-state index contributed by atoms with van der Waals surface area (Å²) in [6.07, 6.45) is 1.81. The molecule has 0 radical (unpaired) electrons. The summed E-state index contributed by atoms with van der Waals surface area (Å²) in [7, 11) is 4.05. The van der Waals surface area contributed by atoms with E-state index in [1.807, 2.05) is 26.2 Å². The molecule has 0 atom stereocenters. The van der Waals surface area contributed by atoms with E-state index in [1.165, 1.54) is 0 Å². The van der Waals surface area contributed by atoms with E-state index in [-0.39, 0.29) is 5.41 Å². The van der Waals surface area contributed by atoms with Crippen LogP contribution in [-0.4, -0.2) is 39.7 Å². The second-order valence-corrected chi connectivity index (χ2v) is 6.27. The van der Waals surface area contributed by atoms with E-state index >= 15 is 0 Å². The summed E-state index contributed by atoms with van der Waals surface area (Å²) >= 11 is 0. The molecule has 0 saturated heterocycles. The highest BCUT2D eigenvalue weighted by atomic mass is 15.2. The van der Waals surface area contributed by atoms with Crippen molar-refractivity contribution >= 4 is 17.3 Å². The van der Waals surface area contributed by atoms with Crippen molar-refractivity contribution in [3.05, 3.63) is 36.9 Å². The molecule has 1 aromatic carbocycles. The first kappa shape index (κ1) is 18.0. The third-order valence-corrected chi connectivity index (χ3v) is 3.28. The largest absolute Gasteiger partial charge is 0.378 e. The normalized spacial score (nSPS) is 12.0. The summed E-state index contributed by atoms with van der Waals surface area (Å²) in [5.74, 6) is 0.735. The van der Waals surface area contributed by atoms with Crippen molar-refractivity contribution in [3.63, 3.8) is 0 Å². The molecule has 0 aliphatic heterocycles. The predicted octanol–water partition coefficient (Wildman–Crippen LogP) is 2.28. The van der Waals surface area contributed by atoms with Gasteiger partial charge in [0.1, 0.15) is 0 Å². The Balaban J connectivity index is 2.79. The molecule has 0 aliphatic rings. The van der Waals surface area contributed by atoms with Gasteiger partial charge in [-0.2, -0.15) is 0 Å². The fourth-order valence-electron chi connectivity index (χ4n) is 1.65. The van der Waals surface area contributed by atoms with Gasteiger partial charge in [0, 0.05) is 38.6 Å². The molecule has 5 heteroatoms. The lowest BCUT2D eigenvalue weighted by molar-refractivity contribution is 0.393. The Hall–Kier alpha value is -2.01. The fraction of sp³-hybridized carbons (Fsp3) is 0.471. The minimum absolute atomic E-state index is 0.0163. The van der Waals surface area contributed by atoms with Crippen LogP contribution in [0, 0.1) is 5.41 Å². The molecule has 22 heavy (non-hydrogen) atoms. The first-order chi connectivity index (χ1) is 10.4. The van der Waals surface area contributed by atoms with E-state index in [9.17, 15) is 0 Å². The van der Waals surface area contributed by atoms with E-state index in [2.05, 4.69) is 53.1 Å². The highest BCUT2D eigenvalue weighted by molar-refractivity contribution is 5.93. The minimum atomic E-state index is -0.0163. The van der Waals surface area contributed by atoms with Crippen molar-refractivity contribution in [2.45, 2.75) is 13.8 Å². The molecule has 1 aromatic rings. The van der Waals surface area contributed by atoms with Crippen LogP contribution in [0.1, 0.15) is 13.8 Å². The summed E-state index contributed by atoms with van der Waals surface area (Å²) in [4.78, 5) is 6.68. The molecule has 1 rings (SSSR count). The van der Waals surface area contributed by atoms with E-state index in [4.69, 9.17) is 5.73 Å². The quantitative estimate of drug-likeness (QED) is 0.411. The number of hydrogen-bond acceptors (Lipinski definition) is 3. The van der Waals surface area contributed by atoms with Gasteiger partial charge in [0.15, 0.2) is 5.96 Å². The second kappa shape index (κ2) is 8.44. The second-order valence-electron chi connectivity index (χ2n) is 6.27. The van der Waals surface area contributed by atoms with Gasteiger partial charge in [0.25, 0.3) is 0 Å². The maximum absolute atomic E-state index is 5.76. The van der Waals surface area contributed by atoms with Gasteiger partial charge in [-0.15, -0.1) is 6.58 Å². The molecule has 0 saturated carbocycles. The lowest BCUT2D eigenvalue weighted by Gasteiger charge is -2.21. The van der Waals surface area contributed by atoms with Gasteiger partial charge in [-0.3, -0.25) is 4.99 Å². The molecule has 0 spiro atoms. The monoisotopic (exact) mass is 303 g/mol. The number of nitrogens with two attached hydrogens (primary N) is 1. The Morgan fingerprint density at radius 1 is 1.32 bits per heavy atom. The van der Waals surface area contributed by atoms with Crippen LogP contribution in [0.2, 0.25) is 0 Å². The number of anilines is 2. The zero-order valence-corrected chi connectivity index (χ0v) is 14.2. The molecule has 0 fully saturated rings. The van der Waals surface area contributed by atoms with Crippen LogP contribution < -0.4 is 21.3 Å². The molecule has 0 aliphatic carbocycles.